The van der Waals surface area contributed by atoms with Crippen molar-refractivity contribution in [2.24, 2.45) is 4.99 Å². The standard InChI is InChI=1S/C27H23BrN4O4S3/c1-14(2)35-24(34)21-15(3)31-27-32(22(21)16-6-8-18(37-4)9-7-16)23(33)20(38-27)13-17-12-19(28)25(36-17)39-26-29-10-5-11-30-26/h5-14,22H,1-4H3/b20-13-/t22-/m0/s1. The topological polar surface area (TPSA) is 99.6 Å². The van der Waals surface area contributed by atoms with E-state index < -0.39 is 12.0 Å². The van der Waals surface area contributed by atoms with Crippen LogP contribution in [0.1, 0.15) is 38.1 Å². The number of esters is 1. The molecule has 5 rings (SSSR count). The van der Waals surface area contributed by atoms with Crippen LogP contribution in [0.15, 0.2) is 93.9 Å². The van der Waals surface area contributed by atoms with Crippen LogP contribution in [0.5, 0.6) is 0 Å². The van der Waals surface area contributed by atoms with E-state index in [1.165, 1.54) is 23.1 Å². The average Bonchev–Trinajstić information content (AvgIpc) is 3.41. The van der Waals surface area contributed by atoms with Crippen molar-refractivity contribution in [2.45, 2.75) is 48.1 Å². The van der Waals surface area contributed by atoms with E-state index in [0.717, 1.165) is 14.9 Å². The first-order valence-corrected chi connectivity index (χ1v) is 15.5. The molecule has 0 bridgehead atoms. The lowest BCUT2D eigenvalue weighted by molar-refractivity contribution is -0.143. The molecule has 39 heavy (non-hydrogen) atoms. The number of aromatic nitrogens is 3. The zero-order chi connectivity index (χ0) is 27.7. The summed E-state index contributed by atoms with van der Waals surface area (Å²) < 4.78 is 14.3. The molecule has 12 heteroatoms. The summed E-state index contributed by atoms with van der Waals surface area (Å²) in [6.07, 6.45) is 6.69. The van der Waals surface area contributed by atoms with Crippen LogP contribution in [0.3, 0.4) is 0 Å². The van der Waals surface area contributed by atoms with Crippen molar-refractivity contribution in [3.05, 3.63) is 95.5 Å². The van der Waals surface area contributed by atoms with Crippen molar-refractivity contribution in [1.29, 1.82) is 0 Å². The van der Waals surface area contributed by atoms with E-state index in [9.17, 15) is 9.59 Å². The van der Waals surface area contributed by atoms with Crippen molar-refractivity contribution in [1.82, 2.24) is 14.5 Å². The molecule has 1 aliphatic heterocycles. The predicted molar refractivity (Wildman–Crippen MR) is 156 cm³/mol. The van der Waals surface area contributed by atoms with Gasteiger partial charge in [0.15, 0.2) is 15.1 Å². The Hall–Kier alpha value is -2.93. The molecule has 8 nitrogen and oxygen atoms in total. The maximum atomic E-state index is 13.8. The maximum Gasteiger partial charge on any atom is 0.338 e. The SMILES string of the molecule is CSc1ccc([C@H]2C(C(=O)OC(C)C)=C(C)N=c3s/c(=C\c4cc(Br)c(Sc5ncccn5)o4)c(=O)n32)cc1. The molecule has 0 amide bonds. The largest absolute Gasteiger partial charge is 0.459 e. The van der Waals surface area contributed by atoms with E-state index in [0.29, 0.717) is 36.6 Å². The number of thioether (sulfide) groups is 1. The van der Waals surface area contributed by atoms with Crippen LogP contribution < -0.4 is 14.9 Å². The second kappa shape index (κ2) is 11.7. The molecule has 4 heterocycles. The van der Waals surface area contributed by atoms with Gasteiger partial charge >= 0.3 is 5.97 Å². The molecular formula is C27H23BrN4O4S3. The summed E-state index contributed by atoms with van der Waals surface area (Å²) in [5.41, 5.74) is 1.40. The predicted octanol–water partition coefficient (Wildman–Crippen LogP) is 5.21. The molecule has 4 aromatic rings. The average molecular weight is 644 g/mol. The van der Waals surface area contributed by atoms with Gasteiger partial charge in [-0.1, -0.05) is 23.5 Å². The Morgan fingerprint density at radius 1 is 1.23 bits per heavy atom. The van der Waals surface area contributed by atoms with E-state index in [4.69, 9.17) is 9.15 Å². The zero-order valence-corrected chi connectivity index (χ0v) is 25.4. The molecule has 1 aliphatic rings. The van der Waals surface area contributed by atoms with E-state index in [-0.39, 0.29) is 11.7 Å². The van der Waals surface area contributed by atoms with Crippen molar-refractivity contribution in [2.75, 3.05) is 6.26 Å². The van der Waals surface area contributed by atoms with Crippen molar-refractivity contribution in [3.63, 3.8) is 0 Å². The number of carbonyl (C=O) groups is 1. The van der Waals surface area contributed by atoms with Gasteiger partial charge in [-0.05, 0) is 84.5 Å². The van der Waals surface area contributed by atoms with Gasteiger partial charge in [0, 0.05) is 23.4 Å². The van der Waals surface area contributed by atoms with Gasteiger partial charge in [0.25, 0.3) is 5.56 Å². The van der Waals surface area contributed by atoms with Gasteiger partial charge in [0.05, 0.1) is 32.4 Å². The number of halogens is 1. The summed E-state index contributed by atoms with van der Waals surface area (Å²) in [5, 5.41) is 1.11. The van der Waals surface area contributed by atoms with Crippen LogP contribution in [0.25, 0.3) is 6.08 Å². The van der Waals surface area contributed by atoms with Gasteiger partial charge < -0.3 is 9.15 Å². The smallest absolute Gasteiger partial charge is 0.338 e. The molecule has 0 N–H and O–H groups in total. The van der Waals surface area contributed by atoms with Crippen LogP contribution in [0, 0.1) is 0 Å². The molecule has 0 aliphatic carbocycles. The number of fused-ring (bicyclic) bond motifs is 1. The van der Waals surface area contributed by atoms with Crippen molar-refractivity contribution in [3.8, 4) is 0 Å². The molecule has 200 valence electrons. The van der Waals surface area contributed by atoms with Crippen molar-refractivity contribution >= 4 is 62.8 Å². The monoisotopic (exact) mass is 642 g/mol. The number of allylic oxidation sites excluding steroid dienone is 1. The van der Waals surface area contributed by atoms with Crippen molar-refractivity contribution < 1.29 is 13.9 Å². The van der Waals surface area contributed by atoms with Crippen LogP contribution in [0.2, 0.25) is 0 Å². The fourth-order valence-corrected chi connectivity index (χ4v) is 6.69. The quantitative estimate of drug-likeness (QED) is 0.154. The highest BCUT2D eigenvalue weighted by Crippen LogP contribution is 2.35. The molecule has 3 aromatic heterocycles. The number of thiazole rings is 1. The molecule has 0 saturated heterocycles. The molecule has 1 atom stereocenters. The fourth-order valence-electron chi connectivity index (χ4n) is 4.02. The van der Waals surface area contributed by atoms with Crippen LogP contribution >= 0.6 is 50.8 Å². The Bertz CT molecular complexity index is 1740. The molecule has 0 spiro atoms. The molecule has 0 fully saturated rings. The van der Waals surface area contributed by atoms with Gasteiger partial charge in [-0.15, -0.1) is 11.8 Å². The molecular weight excluding hydrogens is 620 g/mol. The number of hydrogen-bond acceptors (Lipinski definition) is 10. The van der Waals surface area contributed by atoms with Gasteiger partial charge in [-0.2, -0.15) is 0 Å². The summed E-state index contributed by atoms with van der Waals surface area (Å²) in [7, 11) is 0. The first kappa shape index (κ1) is 27.6. The van der Waals surface area contributed by atoms with E-state index >= 15 is 0 Å². The number of rotatable bonds is 7. The molecule has 0 radical (unpaired) electrons. The Balaban J connectivity index is 1.61. The van der Waals surface area contributed by atoms with Gasteiger partial charge in [0.1, 0.15) is 5.76 Å². The fraction of sp³-hybridized carbons (Fsp3) is 0.222. The number of hydrogen-bond donors (Lipinski definition) is 0. The Morgan fingerprint density at radius 3 is 2.62 bits per heavy atom. The molecule has 1 aromatic carbocycles. The lowest BCUT2D eigenvalue weighted by atomic mass is 9.96. The van der Waals surface area contributed by atoms with E-state index in [1.807, 2.05) is 30.5 Å². The Labute approximate surface area is 245 Å². The normalized spacial score (nSPS) is 15.4. The highest BCUT2D eigenvalue weighted by Gasteiger charge is 2.33. The minimum absolute atomic E-state index is 0.270. The number of carbonyl (C=O) groups excluding carboxylic acids is 1. The molecule has 0 saturated carbocycles. The summed E-state index contributed by atoms with van der Waals surface area (Å²) in [6, 6.07) is 10.7. The highest BCUT2D eigenvalue weighted by atomic mass is 79.9. The maximum absolute atomic E-state index is 13.8. The second-order valence-electron chi connectivity index (χ2n) is 8.73. The van der Waals surface area contributed by atoms with E-state index in [2.05, 4.69) is 30.9 Å². The Morgan fingerprint density at radius 2 is 1.95 bits per heavy atom. The Kier molecular flexibility index (Phi) is 8.27. The highest BCUT2D eigenvalue weighted by molar-refractivity contribution is 9.10. The summed E-state index contributed by atoms with van der Waals surface area (Å²) >= 11 is 7.66. The second-order valence-corrected chi connectivity index (χ2v) is 12.4. The molecule has 0 unspecified atom stereocenters. The first-order valence-electron chi connectivity index (χ1n) is 11.9. The van der Waals surface area contributed by atoms with Crippen LogP contribution in [-0.2, 0) is 9.53 Å². The van der Waals surface area contributed by atoms with E-state index in [1.54, 1.807) is 67.7 Å². The number of nitrogens with zero attached hydrogens (tertiary/aromatic N) is 4. The lowest BCUT2D eigenvalue weighted by Crippen LogP contribution is -2.40. The minimum Gasteiger partial charge on any atom is -0.459 e. The van der Waals surface area contributed by atoms with Gasteiger partial charge in [-0.3, -0.25) is 9.36 Å². The third-order valence-corrected chi connectivity index (χ3v) is 9.15. The van der Waals surface area contributed by atoms with Gasteiger partial charge in [-0.25, -0.2) is 19.8 Å². The summed E-state index contributed by atoms with van der Waals surface area (Å²) in [4.78, 5) is 41.7. The first-order chi connectivity index (χ1) is 18.7. The third kappa shape index (κ3) is 5.84. The van der Waals surface area contributed by atoms with Crippen LogP contribution in [-0.4, -0.2) is 32.9 Å². The lowest BCUT2D eigenvalue weighted by Gasteiger charge is -2.25. The minimum atomic E-state index is -0.671. The summed E-state index contributed by atoms with van der Waals surface area (Å²) in [6.45, 7) is 5.36. The number of ether oxygens (including phenoxy) is 1. The summed E-state index contributed by atoms with van der Waals surface area (Å²) in [5.74, 6) is 0.000772. The van der Waals surface area contributed by atoms with Gasteiger partial charge in [0.2, 0.25) is 0 Å². The zero-order valence-electron chi connectivity index (χ0n) is 21.4. The van der Waals surface area contributed by atoms with Crippen LogP contribution in [0.4, 0.5) is 0 Å². The third-order valence-electron chi connectivity index (χ3n) is 5.69. The number of benzene rings is 1. The number of furan rings is 1.